The van der Waals surface area contributed by atoms with Crippen LogP contribution in [0.1, 0.15) is 28.4 Å². The van der Waals surface area contributed by atoms with Crippen molar-refractivity contribution in [3.8, 4) is 5.75 Å². The summed E-state index contributed by atoms with van der Waals surface area (Å²) in [5.74, 6) is -0.889. The summed E-state index contributed by atoms with van der Waals surface area (Å²) in [6, 6.07) is 22.6. The quantitative estimate of drug-likeness (QED) is 0.357. The maximum absolute atomic E-state index is 12.9. The Labute approximate surface area is 180 Å². The number of carbonyl (C=O) groups excluding carboxylic acids is 3. The lowest BCUT2D eigenvalue weighted by molar-refractivity contribution is -0.131. The largest absolute Gasteiger partial charge is 0.427 e. The number of aryl methyl sites for hydroxylation is 1. The minimum Gasteiger partial charge on any atom is -0.427 e. The molecule has 31 heavy (non-hydrogen) atoms. The minimum absolute atomic E-state index is 0.0784. The van der Waals surface area contributed by atoms with Crippen LogP contribution in [0, 0.1) is 6.92 Å². The normalized spacial score (nSPS) is 10.8. The monoisotopic (exact) mass is 414 g/mol. The molecular formula is C25H22N2O4. The molecule has 0 aromatic heterocycles. The van der Waals surface area contributed by atoms with Gasteiger partial charge in [0.25, 0.3) is 11.8 Å². The molecule has 0 aliphatic carbocycles. The molecule has 0 bridgehead atoms. The zero-order valence-electron chi connectivity index (χ0n) is 17.2. The van der Waals surface area contributed by atoms with Crippen LogP contribution < -0.4 is 15.4 Å². The van der Waals surface area contributed by atoms with Crippen LogP contribution in [0.5, 0.6) is 5.75 Å². The SMILES string of the molecule is CC(=O)Oc1ccc(/C=C(\NC(=O)c2ccccc2)C(=O)Nc2ccc(C)cc2)cc1. The molecule has 2 amide bonds. The van der Waals surface area contributed by atoms with E-state index in [2.05, 4.69) is 10.6 Å². The maximum atomic E-state index is 12.9. The molecular weight excluding hydrogens is 392 g/mol. The highest BCUT2D eigenvalue weighted by Gasteiger charge is 2.15. The summed E-state index contributed by atoms with van der Waals surface area (Å²) in [5, 5.41) is 5.48. The van der Waals surface area contributed by atoms with Crippen molar-refractivity contribution >= 4 is 29.5 Å². The third-order valence-corrected chi connectivity index (χ3v) is 4.29. The van der Waals surface area contributed by atoms with E-state index in [9.17, 15) is 14.4 Å². The Kier molecular flexibility index (Phi) is 6.96. The molecule has 0 spiro atoms. The van der Waals surface area contributed by atoms with E-state index in [0.29, 0.717) is 22.6 Å². The average Bonchev–Trinajstić information content (AvgIpc) is 2.76. The first-order valence-electron chi connectivity index (χ1n) is 9.65. The Morgan fingerprint density at radius 1 is 0.839 bits per heavy atom. The highest BCUT2D eigenvalue weighted by atomic mass is 16.5. The molecule has 6 heteroatoms. The van der Waals surface area contributed by atoms with E-state index >= 15 is 0 Å². The van der Waals surface area contributed by atoms with Crippen LogP contribution in [-0.2, 0) is 9.59 Å². The number of hydrogen-bond donors (Lipinski definition) is 2. The zero-order valence-corrected chi connectivity index (χ0v) is 17.2. The number of hydrogen-bond acceptors (Lipinski definition) is 4. The molecule has 3 rings (SSSR count). The summed E-state index contributed by atoms with van der Waals surface area (Å²) in [4.78, 5) is 36.6. The van der Waals surface area contributed by atoms with Crippen LogP contribution in [0.4, 0.5) is 5.69 Å². The third-order valence-electron chi connectivity index (χ3n) is 4.29. The fourth-order valence-corrected chi connectivity index (χ4v) is 2.74. The number of amides is 2. The van der Waals surface area contributed by atoms with E-state index < -0.39 is 17.8 Å². The molecule has 0 radical (unpaired) electrons. The Bertz CT molecular complexity index is 1100. The fourth-order valence-electron chi connectivity index (χ4n) is 2.74. The van der Waals surface area contributed by atoms with Gasteiger partial charge in [0.15, 0.2) is 0 Å². The number of benzene rings is 3. The van der Waals surface area contributed by atoms with E-state index in [1.165, 1.54) is 6.92 Å². The van der Waals surface area contributed by atoms with Gasteiger partial charge in [0, 0.05) is 18.2 Å². The molecule has 0 atom stereocenters. The Morgan fingerprint density at radius 2 is 1.48 bits per heavy atom. The average molecular weight is 414 g/mol. The first-order valence-corrected chi connectivity index (χ1v) is 9.65. The summed E-state index contributed by atoms with van der Waals surface area (Å²) in [5.41, 5.74) is 2.84. The summed E-state index contributed by atoms with van der Waals surface area (Å²) >= 11 is 0. The van der Waals surface area contributed by atoms with Crippen LogP contribution in [0.25, 0.3) is 6.08 Å². The molecule has 6 nitrogen and oxygen atoms in total. The summed E-state index contributed by atoms with van der Waals surface area (Å²) in [6.07, 6.45) is 1.56. The fraction of sp³-hybridized carbons (Fsp3) is 0.0800. The molecule has 0 saturated carbocycles. The van der Waals surface area contributed by atoms with Crippen molar-refractivity contribution in [3.63, 3.8) is 0 Å². The van der Waals surface area contributed by atoms with Crippen LogP contribution in [0.3, 0.4) is 0 Å². The summed E-state index contributed by atoms with van der Waals surface area (Å²) < 4.78 is 5.02. The highest BCUT2D eigenvalue weighted by Crippen LogP contribution is 2.16. The van der Waals surface area contributed by atoms with Crippen LogP contribution in [0.2, 0.25) is 0 Å². The van der Waals surface area contributed by atoms with Crippen molar-refractivity contribution < 1.29 is 19.1 Å². The lowest BCUT2D eigenvalue weighted by Gasteiger charge is -2.12. The van der Waals surface area contributed by atoms with Crippen molar-refractivity contribution in [2.24, 2.45) is 0 Å². The van der Waals surface area contributed by atoms with Crippen LogP contribution >= 0.6 is 0 Å². The molecule has 3 aromatic carbocycles. The second-order valence-corrected chi connectivity index (χ2v) is 6.86. The first kappa shape index (κ1) is 21.5. The predicted molar refractivity (Wildman–Crippen MR) is 119 cm³/mol. The van der Waals surface area contributed by atoms with E-state index in [0.717, 1.165) is 5.56 Å². The van der Waals surface area contributed by atoms with Gasteiger partial charge < -0.3 is 15.4 Å². The number of ether oxygens (including phenoxy) is 1. The molecule has 0 aliphatic heterocycles. The lowest BCUT2D eigenvalue weighted by atomic mass is 10.1. The van der Waals surface area contributed by atoms with Gasteiger partial charge in [-0.25, -0.2) is 0 Å². The Morgan fingerprint density at radius 3 is 2.10 bits per heavy atom. The summed E-state index contributed by atoms with van der Waals surface area (Å²) in [6.45, 7) is 3.27. The standard InChI is InChI=1S/C25H22N2O4/c1-17-8-12-21(13-9-17)26-25(30)23(27-24(29)20-6-4-3-5-7-20)16-19-10-14-22(15-11-19)31-18(2)28/h3-16H,1-2H3,(H,26,30)(H,27,29)/b23-16-. The van der Waals surface area contributed by atoms with Crippen molar-refractivity contribution in [2.75, 3.05) is 5.32 Å². The van der Waals surface area contributed by atoms with Crippen molar-refractivity contribution in [3.05, 3.63) is 101 Å². The molecule has 156 valence electrons. The van der Waals surface area contributed by atoms with Crippen molar-refractivity contribution in [2.45, 2.75) is 13.8 Å². The van der Waals surface area contributed by atoms with Gasteiger partial charge in [-0.15, -0.1) is 0 Å². The Balaban J connectivity index is 1.86. The van der Waals surface area contributed by atoms with Crippen LogP contribution in [-0.4, -0.2) is 17.8 Å². The van der Waals surface area contributed by atoms with Crippen molar-refractivity contribution in [1.82, 2.24) is 5.32 Å². The molecule has 0 unspecified atom stereocenters. The molecule has 0 fully saturated rings. The number of anilines is 1. The molecule has 0 saturated heterocycles. The minimum atomic E-state index is -0.461. The van der Waals surface area contributed by atoms with Gasteiger partial charge in [-0.3, -0.25) is 14.4 Å². The number of esters is 1. The van der Waals surface area contributed by atoms with Gasteiger partial charge in [-0.2, -0.15) is 0 Å². The van der Waals surface area contributed by atoms with Gasteiger partial charge in [0.2, 0.25) is 0 Å². The topological polar surface area (TPSA) is 84.5 Å². The van der Waals surface area contributed by atoms with Gasteiger partial charge in [-0.05, 0) is 55.0 Å². The number of carbonyl (C=O) groups is 3. The maximum Gasteiger partial charge on any atom is 0.308 e. The second kappa shape index (κ2) is 10.0. The van der Waals surface area contributed by atoms with Crippen molar-refractivity contribution in [1.29, 1.82) is 0 Å². The number of nitrogens with one attached hydrogen (secondary N) is 2. The summed E-state index contributed by atoms with van der Waals surface area (Å²) in [7, 11) is 0. The lowest BCUT2D eigenvalue weighted by Crippen LogP contribution is -2.30. The van der Waals surface area contributed by atoms with Gasteiger partial charge in [0.05, 0.1) is 0 Å². The third kappa shape index (κ3) is 6.40. The van der Waals surface area contributed by atoms with Gasteiger partial charge in [0.1, 0.15) is 11.4 Å². The van der Waals surface area contributed by atoms with Gasteiger partial charge >= 0.3 is 5.97 Å². The molecule has 2 N–H and O–H groups in total. The van der Waals surface area contributed by atoms with E-state index in [1.54, 1.807) is 66.7 Å². The predicted octanol–water partition coefficient (Wildman–Crippen LogP) is 4.33. The van der Waals surface area contributed by atoms with E-state index in [1.807, 2.05) is 25.1 Å². The molecule has 0 heterocycles. The van der Waals surface area contributed by atoms with Gasteiger partial charge in [-0.1, -0.05) is 48.0 Å². The first-order chi connectivity index (χ1) is 14.9. The Hall–Kier alpha value is -4.19. The highest BCUT2D eigenvalue weighted by molar-refractivity contribution is 6.10. The zero-order chi connectivity index (χ0) is 22.2. The number of rotatable bonds is 6. The molecule has 3 aromatic rings. The van der Waals surface area contributed by atoms with Crippen LogP contribution in [0.15, 0.2) is 84.6 Å². The van der Waals surface area contributed by atoms with E-state index in [-0.39, 0.29) is 5.70 Å². The molecule has 0 aliphatic rings. The smallest absolute Gasteiger partial charge is 0.308 e. The van der Waals surface area contributed by atoms with E-state index in [4.69, 9.17) is 4.74 Å². The second-order valence-electron chi connectivity index (χ2n) is 6.86.